The molecule has 2 aromatic rings. The fraction of sp³-hybridized carbons (Fsp3) is 0.286. The van der Waals surface area contributed by atoms with Crippen molar-refractivity contribution in [3.63, 3.8) is 0 Å². The van der Waals surface area contributed by atoms with Gasteiger partial charge in [-0.05, 0) is 54.8 Å². The Labute approximate surface area is 158 Å². The number of hydrogen-bond acceptors (Lipinski definition) is 4. The van der Waals surface area contributed by atoms with E-state index >= 15 is 0 Å². The van der Waals surface area contributed by atoms with E-state index in [9.17, 15) is 14.9 Å². The lowest BCUT2D eigenvalue weighted by atomic mass is 10.1. The van der Waals surface area contributed by atoms with Crippen LogP contribution in [-0.4, -0.2) is 41.9 Å². The van der Waals surface area contributed by atoms with Crippen LogP contribution < -0.4 is 4.90 Å². The first-order chi connectivity index (χ1) is 13.0. The molecular formula is C21H23N3O3. The molecule has 3 rings (SSSR count). The first-order valence-electron chi connectivity index (χ1n) is 8.98. The summed E-state index contributed by atoms with van der Waals surface area (Å²) in [5.41, 5.74) is 4.61. The van der Waals surface area contributed by atoms with E-state index in [4.69, 9.17) is 0 Å². The first kappa shape index (κ1) is 18.6. The van der Waals surface area contributed by atoms with Gasteiger partial charge in [0.2, 0.25) is 5.91 Å². The van der Waals surface area contributed by atoms with Crippen LogP contribution in [0.1, 0.15) is 16.7 Å². The molecule has 0 atom stereocenters. The maximum absolute atomic E-state index is 12.4. The molecule has 0 N–H and O–H groups in total. The lowest BCUT2D eigenvalue weighted by Gasteiger charge is -2.36. The van der Waals surface area contributed by atoms with Crippen LogP contribution in [0.4, 0.5) is 11.4 Å². The van der Waals surface area contributed by atoms with Crippen LogP contribution in [0, 0.1) is 24.0 Å². The van der Waals surface area contributed by atoms with E-state index in [2.05, 4.69) is 36.9 Å². The van der Waals surface area contributed by atoms with Crippen molar-refractivity contribution in [3.05, 3.63) is 75.3 Å². The standard InChI is InChI=1S/C21H23N3O3/c1-16-4-3-5-20(17(16)2)22-12-14-23(15-13-22)21(25)11-8-18-6-9-19(10-7-18)24(26)27/h3-11H,12-15H2,1-2H3/b11-8+. The van der Waals surface area contributed by atoms with Crippen LogP contribution in [0.25, 0.3) is 6.08 Å². The monoisotopic (exact) mass is 365 g/mol. The SMILES string of the molecule is Cc1cccc(N2CCN(C(=O)/C=C/c3ccc([N+](=O)[O-])cc3)CC2)c1C. The largest absolute Gasteiger partial charge is 0.368 e. The molecule has 140 valence electrons. The number of nitro benzene ring substituents is 1. The van der Waals surface area contributed by atoms with Crippen molar-refractivity contribution in [1.29, 1.82) is 0 Å². The van der Waals surface area contributed by atoms with Crippen LogP contribution in [0.15, 0.2) is 48.5 Å². The number of carbonyl (C=O) groups excluding carboxylic acids is 1. The maximum atomic E-state index is 12.4. The minimum Gasteiger partial charge on any atom is -0.368 e. The van der Waals surface area contributed by atoms with Crippen LogP contribution in [0.3, 0.4) is 0 Å². The highest BCUT2D eigenvalue weighted by Gasteiger charge is 2.21. The van der Waals surface area contributed by atoms with E-state index in [1.54, 1.807) is 18.2 Å². The molecule has 1 aliphatic rings. The van der Waals surface area contributed by atoms with Gasteiger partial charge in [-0.25, -0.2) is 0 Å². The Hall–Kier alpha value is -3.15. The summed E-state index contributed by atoms with van der Waals surface area (Å²) in [7, 11) is 0. The number of carbonyl (C=O) groups is 1. The molecule has 27 heavy (non-hydrogen) atoms. The lowest BCUT2D eigenvalue weighted by molar-refractivity contribution is -0.384. The Bertz CT molecular complexity index is 867. The van der Waals surface area contributed by atoms with Gasteiger partial charge in [-0.15, -0.1) is 0 Å². The molecule has 0 aliphatic carbocycles. The van der Waals surface area contributed by atoms with Gasteiger partial charge in [0, 0.05) is 50.1 Å². The number of hydrogen-bond donors (Lipinski definition) is 0. The van der Waals surface area contributed by atoms with Gasteiger partial charge < -0.3 is 9.80 Å². The second kappa shape index (κ2) is 8.03. The molecule has 6 nitrogen and oxygen atoms in total. The van der Waals surface area contributed by atoms with Crippen LogP contribution >= 0.6 is 0 Å². The van der Waals surface area contributed by atoms with Crippen molar-refractivity contribution >= 4 is 23.4 Å². The molecule has 0 aromatic heterocycles. The summed E-state index contributed by atoms with van der Waals surface area (Å²) in [4.78, 5) is 26.8. The molecule has 0 spiro atoms. The Morgan fingerprint density at radius 1 is 1.04 bits per heavy atom. The van der Waals surface area contributed by atoms with Crippen molar-refractivity contribution in [2.75, 3.05) is 31.1 Å². The van der Waals surface area contributed by atoms with E-state index in [0.29, 0.717) is 13.1 Å². The number of benzene rings is 2. The Morgan fingerprint density at radius 2 is 1.70 bits per heavy atom. The third kappa shape index (κ3) is 4.34. The molecule has 1 saturated heterocycles. The number of non-ortho nitro benzene ring substituents is 1. The lowest BCUT2D eigenvalue weighted by Crippen LogP contribution is -2.48. The van der Waals surface area contributed by atoms with E-state index < -0.39 is 4.92 Å². The minimum atomic E-state index is -0.436. The molecule has 2 aromatic carbocycles. The number of nitro groups is 1. The first-order valence-corrected chi connectivity index (χ1v) is 8.98. The summed E-state index contributed by atoms with van der Waals surface area (Å²) in [5.74, 6) is -0.0334. The van der Waals surface area contributed by atoms with E-state index in [1.165, 1.54) is 35.0 Å². The third-order valence-corrected chi connectivity index (χ3v) is 5.03. The quantitative estimate of drug-likeness (QED) is 0.472. The molecule has 0 unspecified atom stereocenters. The summed E-state index contributed by atoms with van der Waals surface area (Å²) < 4.78 is 0. The zero-order valence-corrected chi connectivity index (χ0v) is 15.6. The molecule has 1 heterocycles. The van der Waals surface area contributed by atoms with Crippen molar-refractivity contribution in [2.45, 2.75) is 13.8 Å². The molecule has 1 amide bonds. The average molecular weight is 365 g/mol. The minimum absolute atomic E-state index is 0.0334. The summed E-state index contributed by atoms with van der Waals surface area (Å²) in [6, 6.07) is 12.5. The number of nitrogens with zero attached hydrogens (tertiary/aromatic N) is 3. The highest BCUT2D eigenvalue weighted by atomic mass is 16.6. The van der Waals surface area contributed by atoms with Gasteiger partial charge >= 0.3 is 0 Å². The Balaban J connectivity index is 1.58. The second-order valence-electron chi connectivity index (χ2n) is 6.71. The summed E-state index contributed by atoms with van der Waals surface area (Å²) in [6.45, 7) is 7.22. The fourth-order valence-corrected chi connectivity index (χ4v) is 3.23. The molecule has 1 aliphatic heterocycles. The Kier molecular flexibility index (Phi) is 5.54. The molecule has 0 saturated carbocycles. The highest BCUT2D eigenvalue weighted by molar-refractivity contribution is 5.92. The van der Waals surface area contributed by atoms with Gasteiger partial charge in [-0.3, -0.25) is 14.9 Å². The van der Waals surface area contributed by atoms with Crippen molar-refractivity contribution in [1.82, 2.24) is 4.90 Å². The van der Waals surface area contributed by atoms with Crippen molar-refractivity contribution in [3.8, 4) is 0 Å². The summed E-state index contributed by atoms with van der Waals surface area (Å²) in [5, 5.41) is 10.7. The van der Waals surface area contributed by atoms with Gasteiger partial charge in [-0.2, -0.15) is 0 Å². The van der Waals surface area contributed by atoms with E-state index in [0.717, 1.165) is 18.7 Å². The molecular weight excluding hydrogens is 342 g/mol. The second-order valence-corrected chi connectivity index (χ2v) is 6.71. The molecule has 0 radical (unpaired) electrons. The zero-order chi connectivity index (χ0) is 19.4. The average Bonchev–Trinajstić information content (AvgIpc) is 2.68. The summed E-state index contributed by atoms with van der Waals surface area (Å²) >= 11 is 0. The Morgan fingerprint density at radius 3 is 2.33 bits per heavy atom. The fourth-order valence-electron chi connectivity index (χ4n) is 3.23. The van der Waals surface area contributed by atoms with Crippen LogP contribution in [0.2, 0.25) is 0 Å². The zero-order valence-electron chi connectivity index (χ0n) is 15.6. The van der Waals surface area contributed by atoms with Crippen LogP contribution in [-0.2, 0) is 4.79 Å². The van der Waals surface area contributed by atoms with Crippen molar-refractivity contribution in [2.24, 2.45) is 0 Å². The number of piperazine rings is 1. The number of anilines is 1. The highest BCUT2D eigenvalue weighted by Crippen LogP contribution is 2.24. The maximum Gasteiger partial charge on any atom is 0.269 e. The molecule has 6 heteroatoms. The third-order valence-electron chi connectivity index (χ3n) is 5.03. The normalized spacial score (nSPS) is 14.6. The topological polar surface area (TPSA) is 66.7 Å². The van der Waals surface area contributed by atoms with Gasteiger partial charge in [0.15, 0.2) is 0 Å². The smallest absolute Gasteiger partial charge is 0.269 e. The van der Waals surface area contributed by atoms with E-state index in [1.807, 2.05) is 4.90 Å². The van der Waals surface area contributed by atoms with Crippen molar-refractivity contribution < 1.29 is 9.72 Å². The van der Waals surface area contributed by atoms with Crippen LogP contribution in [0.5, 0.6) is 0 Å². The predicted molar refractivity (Wildman–Crippen MR) is 107 cm³/mol. The predicted octanol–water partition coefficient (Wildman–Crippen LogP) is 3.57. The number of amides is 1. The van der Waals surface area contributed by atoms with Gasteiger partial charge in [0.25, 0.3) is 5.69 Å². The van der Waals surface area contributed by atoms with E-state index in [-0.39, 0.29) is 11.6 Å². The molecule has 0 bridgehead atoms. The van der Waals surface area contributed by atoms with Gasteiger partial charge in [0.1, 0.15) is 0 Å². The number of rotatable bonds is 4. The number of aryl methyl sites for hydroxylation is 1. The summed E-state index contributed by atoms with van der Waals surface area (Å²) in [6.07, 6.45) is 3.23. The molecule has 1 fully saturated rings. The van der Waals surface area contributed by atoms with Gasteiger partial charge in [-0.1, -0.05) is 12.1 Å². The van der Waals surface area contributed by atoms with Gasteiger partial charge in [0.05, 0.1) is 4.92 Å².